The van der Waals surface area contributed by atoms with E-state index in [1.165, 1.54) is 0 Å². The molecule has 0 saturated heterocycles. The summed E-state index contributed by atoms with van der Waals surface area (Å²) in [5.74, 6) is 5.44. The number of hydrazine groups is 1. The van der Waals surface area contributed by atoms with Gasteiger partial charge in [-0.15, -0.1) is 0 Å². The summed E-state index contributed by atoms with van der Waals surface area (Å²) in [6.07, 6.45) is 4.36. The fraction of sp³-hybridized carbons (Fsp3) is 0.556. The lowest BCUT2D eigenvalue weighted by atomic mass is 10.1. The second-order valence-electron chi connectivity index (χ2n) is 3.37. The zero-order valence-corrected chi connectivity index (χ0v) is 8.16. The summed E-state index contributed by atoms with van der Waals surface area (Å²) < 4.78 is 4.99. The lowest BCUT2D eigenvalue weighted by molar-refractivity contribution is 0.362. The molecule has 1 unspecified atom stereocenters. The van der Waals surface area contributed by atoms with Crippen molar-refractivity contribution >= 4 is 0 Å². The first-order chi connectivity index (χ1) is 6.24. The van der Waals surface area contributed by atoms with Crippen LogP contribution in [-0.4, -0.2) is 25.5 Å². The van der Waals surface area contributed by atoms with Crippen molar-refractivity contribution in [1.82, 2.24) is 10.3 Å². The Hall–Kier alpha value is -0.840. The van der Waals surface area contributed by atoms with Crippen LogP contribution in [0.1, 0.15) is 18.0 Å². The molecule has 1 atom stereocenters. The molecule has 0 radical (unpaired) electrons. The Morgan fingerprint density at radius 3 is 2.85 bits per heavy atom. The van der Waals surface area contributed by atoms with Crippen molar-refractivity contribution in [3.05, 3.63) is 24.2 Å². The van der Waals surface area contributed by atoms with Gasteiger partial charge in [-0.05, 0) is 33.1 Å². The molecule has 0 amide bonds. The van der Waals surface area contributed by atoms with E-state index in [-0.39, 0.29) is 6.04 Å². The molecule has 1 aromatic heterocycles. The van der Waals surface area contributed by atoms with Gasteiger partial charge >= 0.3 is 0 Å². The van der Waals surface area contributed by atoms with Gasteiger partial charge in [0.25, 0.3) is 0 Å². The first-order valence-electron chi connectivity index (χ1n) is 4.37. The lowest BCUT2D eigenvalue weighted by Crippen LogP contribution is -2.30. The molecule has 0 aliphatic rings. The van der Waals surface area contributed by atoms with E-state index in [0.29, 0.717) is 0 Å². The van der Waals surface area contributed by atoms with Crippen LogP contribution in [0.2, 0.25) is 0 Å². The largest absolute Gasteiger partial charge is 0.472 e. The molecule has 74 valence electrons. The molecule has 1 rings (SSSR count). The fourth-order valence-corrected chi connectivity index (χ4v) is 1.21. The molecule has 13 heavy (non-hydrogen) atoms. The first-order valence-corrected chi connectivity index (χ1v) is 4.37. The summed E-state index contributed by atoms with van der Waals surface area (Å²) >= 11 is 0. The van der Waals surface area contributed by atoms with Crippen molar-refractivity contribution < 1.29 is 4.42 Å². The van der Waals surface area contributed by atoms with Crippen LogP contribution in [0.3, 0.4) is 0 Å². The first kappa shape index (κ1) is 10.2. The average Bonchev–Trinajstić information content (AvgIpc) is 2.58. The van der Waals surface area contributed by atoms with E-state index < -0.39 is 0 Å². The van der Waals surface area contributed by atoms with Crippen LogP contribution in [-0.2, 0) is 0 Å². The second kappa shape index (κ2) is 5.01. The third kappa shape index (κ3) is 3.18. The van der Waals surface area contributed by atoms with E-state index in [9.17, 15) is 0 Å². The molecule has 0 saturated carbocycles. The maximum Gasteiger partial charge on any atom is 0.0950 e. The zero-order valence-electron chi connectivity index (χ0n) is 8.16. The maximum atomic E-state index is 5.44. The summed E-state index contributed by atoms with van der Waals surface area (Å²) in [4.78, 5) is 2.13. The third-order valence-corrected chi connectivity index (χ3v) is 2.01. The van der Waals surface area contributed by atoms with Crippen LogP contribution >= 0.6 is 0 Å². The maximum absolute atomic E-state index is 5.44. The Bertz CT molecular complexity index is 221. The number of nitrogens with two attached hydrogens (primary N) is 1. The van der Waals surface area contributed by atoms with Crippen LogP contribution in [0.5, 0.6) is 0 Å². The van der Waals surface area contributed by atoms with Gasteiger partial charge in [0.05, 0.1) is 18.6 Å². The summed E-state index contributed by atoms with van der Waals surface area (Å²) in [7, 11) is 4.09. The Balaban J connectivity index is 2.44. The molecule has 0 aliphatic carbocycles. The zero-order chi connectivity index (χ0) is 9.68. The van der Waals surface area contributed by atoms with Gasteiger partial charge in [0.15, 0.2) is 0 Å². The van der Waals surface area contributed by atoms with Gasteiger partial charge in [-0.3, -0.25) is 11.3 Å². The molecule has 1 heterocycles. The van der Waals surface area contributed by atoms with Crippen LogP contribution < -0.4 is 11.3 Å². The summed E-state index contributed by atoms with van der Waals surface area (Å²) in [6, 6.07) is 2.11. The van der Waals surface area contributed by atoms with Crippen molar-refractivity contribution in [3.8, 4) is 0 Å². The molecule has 0 aliphatic heterocycles. The number of nitrogens with zero attached hydrogens (tertiary/aromatic N) is 1. The van der Waals surface area contributed by atoms with E-state index in [4.69, 9.17) is 10.3 Å². The van der Waals surface area contributed by atoms with E-state index in [0.717, 1.165) is 18.5 Å². The van der Waals surface area contributed by atoms with Crippen molar-refractivity contribution in [2.45, 2.75) is 12.5 Å². The molecule has 0 bridgehead atoms. The molecule has 3 N–H and O–H groups in total. The molecular weight excluding hydrogens is 166 g/mol. The van der Waals surface area contributed by atoms with Gasteiger partial charge in [-0.2, -0.15) is 0 Å². The van der Waals surface area contributed by atoms with E-state index in [1.807, 2.05) is 20.2 Å². The van der Waals surface area contributed by atoms with Crippen molar-refractivity contribution in [1.29, 1.82) is 0 Å². The molecule has 4 nitrogen and oxygen atoms in total. The molecule has 0 spiro atoms. The smallest absolute Gasteiger partial charge is 0.0950 e. The molecule has 0 fully saturated rings. The average molecular weight is 183 g/mol. The van der Waals surface area contributed by atoms with Crippen LogP contribution in [0.4, 0.5) is 0 Å². The number of hydrogen-bond acceptors (Lipinski definition) is 4. The Labute approximate surface area is 78.7 Å². The minimum absolute atomic E-state index is 0.182. The van der Waals surface area contributed by atoms with E-state index in [2.05, 4.69) is 10.3 Å². The summed E-state index contributed by atoms with van der Waals surface area (Å²) in [6.45, 7) is 1.00. The highest BCUT2D eigenvalue weighted by Crippen LogP contribution is 2.15. The predicted molar refractivity (Wildman–Crippen MR) is 51.9 cm³/mol. The number of rotatable bonds is 5. The Morgan fingerprint density at radius 2 is 2.38 bits per heavy atom. The highest BCUT2D eigenvalue weighted by molar-refractivity contribution is 5.10. The van der Waals surface area contributed by atoms with Crippen LogP contribution in [0.25, 0.3) is 0 Å². The highest BCUT2D eigenvalue weighted by atomic mass is 16.3. The number of furan rings is 1. The Kier molecular flexibility index (Phi) is 3.95. The van der Waals surface area contributed by atoms with Crippen LogP contribution in [0, 0.1) is 0 Å². The standard InChI is InChI=1S/C9H17N3O/c1-12(2)5-3-9(11-10)8-4-6-13-7-8/h4,6-7,9,11H,3,5,10H2,1-2H3. The quantitative estimate of drug-likeness (QED) is 0.522. The highest BCUT2D eigenvalue weighted by Gasteiger charge is 2.10. The predicted octanol–water partition coefficient (Wildman–Crippen LogP) is 0.736. The molecule has 1 aromatic rings. The van der Waals surface area contributed by atoms with Crippen molar-refractivity contribution in [2.24, 2.45) is 5.84 Å². The van der Waals surface area contributed by atoms with E-state index in [1.54, 1.807) is 12.5 Å². The molecule has 0 aromatic carbocycles. The monoisotopic (exact) mass is 183 g/mol. The van der Waals surface area contributed by atoms with Crippen molar-refractivity contribution in [2.75, 3.05) is 20.6 Å². The normalized spacial score (nSPS) is 13.5. The van der Waals surface area contributed by atoms with Gasteiger partial charge in [0.2, 0.25) is 0 Å². The van der Waals surface area contributed by atoms with Gasteiger partial charge in [0.1, 0.15) is 0 Å². The summed E-state index contributed by atoms with van der Waals surface area (Å²) in [5.41, 5.74) is 3.87. The van der Waals surface area contributed by atoms with E-state index >= 15 is 0 Å². The fourth-order valence-electron chi connectivity index (χ4n) is 1.21. The topological polar surface area (TPSA) is 54.4 Å². The SMILES string of the molecule is CN(C)CCC(NN)c1ccoc1. The number of hydrogen-bond donors (Lipinski definition) is 2. The van der Waals surface area contributed by atoms with Gasteiger partial charge in [-0.25, -0.2) is 0 Å². The van der Waals surface area contributed by atoms with Crippen molar-refractivity contribution in [3.63, 3.8) is 0 Å². The molecular formula is C9H17N3O. The summed E-state index contributed by atoms with van der Waals surface area (Å²) in [5, 5.41) is 0. The third-order valence-electron chi connectivity index (χ3n) is 2.01. The minimum Gasteiger partial charge on any atom is -0.472 e. The minimum atomic E-state index is 0.182. The Morgan fingerprint density at radius 1 is 1.62 bits per heavy atom. The number of nitrogens with one attached hydrogen (secondary N) is 1. The molecule has 4 heteroatoms. The lowest BCUT2D eigenvalue weighted by Gasteiger charge is -2.16. The van der Waals surface area contributed by atoms with Gasteiger partial charge < -0.3 is 9.32 Å². The second-order valence-corrected chi connectivity index (χ2v) is 3.37. The van der Waals surface area contributed by atoms with Crippen LogP contribution in [0.15, 0.2) is 23.0 Å². The van der Waals surface area contributed by atoms with Gasteiger partial charge in [-0.1, -0.05) is 0 Å². The van der Waals surface area contributed by atoms with Gasteiger partial charge in [0, 0.05) is 5.56 Å².